The lowest BCUT2D eigenvalue weighted by atomic mass is 10.1. The molecular formula is C23H11N3O5S2. The highest BCUT2D eigenvalue weighted by molar-refractivity contribution is 8.27. The molecule has 2 amide bonds. The normalized spacial score (nSPS) is 16.6. The van der Waals surface area contributed by atoms with Crippen LogP contribution in [0.15, 0.2) is 79.4 Å². The first kappa shape index (κ1) is 20.9. The number of rotatable bonds is 2. The zero-order valence-electron chi connectivity index (χ0n) is 16.6. The summed E-state index contributed by atoms with van der Waals surface area (Å²) in [6.07, 6.45) is 0. The number of benzene rings is 2. The summed E-state index contributed by atoms with van der Waals surface area (Å²) in [7, 11) is 0. The summed E-state index contributed by atoms with van der Waals surface area (Å²) in [4.78, 5) is 55.6. The smallest absolute Gasteiger partial charge is 0.350 e. The van der Waals surface area contributed by atoms with Gasteiger partial charge in [-0.05, 0) is 30.0 Å². The maximum atomic E-state index is 13.2. The van der Waals surface area contributed by atoms with E-state index in [0.717, 1.165) is 11.8 Å². The van der Waals surface area contributed by atoms with Crippen molar-refractivity contribution in [2.75, 3.05) is 10.7 Å². The Morgan fingerprint density at radius 2 is 1.79 bits per heavy atom. The van der Waals surface area contributed by atoms with Crippen molar-refractivity contribution < 1.29 is 18.8 Å². The van der Waals surface area contributed by atoms with Gasteiger partial charge in [-0.15, -0.1) is 0 Å². The second-order valence-electron chi connectivity index (χ2n) is 6.89. The summed E-state index contributed by atoms with van der Waals surface area (Å²) in [6.45, 7) is 0. The van der Waals surface area contributed by atoms with Crippen LogP contribution in [0.1, 0.15) is 15.9 Å². The molecule has 3 aromatic rings. The largest absolute Gasteiger partial charge is 0.422 e. The second kappa shape index (κ2) is 8.20. The van der Waals surface area contributed by atoms with Gasteiger partial charge < -0.3 is 4.42 Å². The fraction of sp³-hybridized carbons (Fsp3) is 0.0435. The third-order valence-corrected chi connectivity index (χ3v) is 6.89. The zero-order valence-corrected chi connectivity index (χ0v) is 18.2. The van der Waals surface area contributed by atoms with Crippen LogP contribution in [0.25, 0.3) is 11.0 Å². The average Bonchev–Trinajstić information content (AvgIpc) is 3.35. The number of fused-ring (bicyclic) bond motifs is 3. The monoisotopic (exact) mass is 473 g/mol. The number of hydrogen-bond acceptors (Lipinski definition) is 8. The summed E-state index contributed by atoms with van der Waals surface area (Å²) in [5.74, 6) is -0.974. The lowest BCUT2D eigenvalue weighted by molar-refractivity contribution is -0.115. The number of aliphatic imine (C=N–C) groups is 1. The van der Waals surface area contributed by atoms with Crippen molar-refractivity contribution in [2.45, 2.75) is 0 Å². The highest BCUT2D eigenvalue weighted by Gasteiger charge is 2.36. The molecule has 1 aromatic heterocycles. The fourth-order valence-electron chi connectivity index (χ4n) is 3.56. The molecular weight excluding hydrogens is 462 g/mol. The van der Waals surface area contributed by atoms with Gasteiger partial charge in [0, 0.05) is 16.6 Å². The Morgan fingerprint density at radius 1 is 1.06 bits per heavy atom. The minimum atomic E-state index is -0.841. The van der Waals surface area contributed by atoms with Crippen LogP contribution < -0.4 is 10.5 Å². The standard InChI is InChI=1S/C23H11N3O5S2/c24-10-14(21-26(16(27)11-32-21)12-6-2-1-3-7-12)23(30)33-20-17-13-8-4-5-9-15(13)31-22(29)18(17)19(28)25-20/h1-9H,11H2/b21-14+. The van der Waals surface area contributed by atoms with E-state index in [1.165, 1.54) is 4.90 Å². The fourth-order valence-corrected chi connectivity index (χ4v) is 5.49. The molecule has 2 aliphatic rings. The maximum absolute atomic E-state index is 13.2. The van der Waals surface area contributed by atoms with E-state index in [1.807, 2.05) is 6.07 Å². The third kappa shape index (κ3) is 3.47. The quantitative estimate of drug-likeness (QED) is 0.315. The van der Waals surface area contributed by atoms with Crippen molar-refractivity contribution in [3.05, 3.63) is 86.7 Å². The van der Waals surface area contributed by atoms with Crippen LogP contribution >= 0.6 is 23.5 Å². The van der Waals surface area contributed by atoms with E-state index in [0.29, 0.717) is 22.8 Å². The predicted molar refractivity (Wildman–Crippen MR) is 125 cm³/mol. The first-order chi connectivity index (χ1) is 16.0. The van der Waals surface area contributed by atoms with Crippen LogP contribution in [0.4, 0.5) is 5.69 Å². The molecule has 0 saturated carbocycles. The molecule has 10 heteroatoms. The van der Waals surface area contributed by atoms with E-state index in [2.05, 4.69) is 4.99 Å². The number of nitrogens with zero attached hydrogens (tertiary/aromatic N) is 3. The van der Waals surface area contributed by atoms with Gasteiger partial charge >= 0.3 is 5.63 Å². The second-order valence-corrected chi connectivity index (χ2v) is 8.82. The van der Waals surface area contributed by atoms with E-state index in [4.69, 9.17) is 4.42 Å². The van der Waals surface area contributed by atoms with E-state index in [-0.39, 0.29) is 44.0 Å². The minimum Gasteiger partial charge on any atom is -0.422 e. The first-order valence-electron chi connectivity index (χ1n) is 9.56. The lowest BCUT2D eigenvalue weighted by Crippen LogP contribution is -2.25. The van der Waals surface area contributed by atoms with Crippen LogP contribution in [-0.4, -0.2) is 27.7 Å². The Balaban J connectivity index is 1.57. The van der Waals surface area contributed by atoms with Gasteiger partial charge in [0.1, 0.15) is 32.9 Å². The van der Waals surface area contributed by atoms with Crippen LogP contribution in [-0.2, 0) is 9.59 Å². The van der Waals surface area contributed by atoms with Crippen molar-refractivity contribution in [3.63, 3.8) is 0 Å². The van der Waals surface area contributed by atoms with E-state index >= 15 is 0 Å². The summed E-state index contributed by atoms with van der Waals surface area (Å²) >= 11 is 1.66. The van der Waals surface area contributed by atoms with Crippen LogP contribution in [0, 0.1) is 11.3 Å². The Hall–Kier alpha value is -3.94. The molecule has 8 nitrogen and oxygen atoms in total. The molecule has 0 N–H and O–H groups in total. The van der Waals surface area contributed by atoms with Crippen LogP contribution in [0.5, 0.6) is 0 Å². The molecule has 5 rings (SSSR count). The Labute approximate surface area is 194 Å². The lowest BCUT2D eigenvalue weighted by Gasteiger charge is -2.18. The van der Waals surface area contributed by atoms with Gasteiger partial charge in [0.25, 0.3) is 5.91 Å². The van der Waals surface area contributed by atoms with Crippen molar-refractivity contribution in [1.82, 2.24) is 0 Å². The maximum Gasteiger partial charge on any atom is 0.350 e. The summed E-state index contributed by atoms with van der Waals surface area (Å²) in [6, 6.07) is 17.2. The van der Waals surface area contributed by atoms with Gasteiger partial charge in [-0.2, -0.15) is 5.26 Å². The van der Waals surface area contributed by atoms with Crippen molar-refractivity contribution >= 4 is 62.2 Å². The summed E-state index contributed by atoms with van der Waals surface area (Å²) in [5.41, 5.74) is -0.325. The third-order valence-electron chi connectivity index (χ3n) is 4.96. The summed E-state index contributed by atoms with van der Waals surface area (Å²) in [5, 5.41) is 9.78. The van der Waals surface area contributed by atoms with Gasteiger partial charge in [-0.3, -0.25) is 19.3 Å². The summed E-state index contributed by atoms with van der Waals surface area (Å²) < 4.78 is 5.20. The van der Waals surface area contributed by atoms with E-state index < -0.39 is 16.6 Å². The number of carbonyl (C=O) groups is 3. The Morgan fingerprint density at radius 3 is 2.55 bits per heavy atom. The minimum absolute atomic E-state index is 0.0121. The molecule has 2 aliphatic heterocycles. The molecule has 0 aliphatic carbocycles. The molecule has 3 heterocycles. The molecule has 0 unspecified atom stereocenters. The number of amides is 2. The topological polar surface area (TPSA) is 121 Å². The van der Waals surface area contributed by atoms with E-state index in [1.54, 1.807) is 54.6 Å². The molecule has 0 atom stereocenters. The number of nitriles is 1. The SMILES string of the molecule is N#C/C(C(=O)SC1=NC(=O)c2c1c1ccccc1oc2=O)=C1\SCC(=O)N1c1ccccc1. The number of para-hydroxylation sites is 2. The molecule has 33 heavy (non-hydrogen) atoms. The van der Waals surface area contributed by atoms with Crippen LogP contribution in [0.3, 0.4) is 0 Å². The first-order valence-corrected chi connectivity index (χ1v) is 11.4. The van der Waals surface area contributed by atoms with Crippen LogP contribution in [0.2, 0.25) is 0 Å². The van der Waals surface area contributed by atoms with Gasteiger partial charge in [0.05, 0.1) is 5.75 Å². The highest BCUT2D eigenvalue weighted by Crippen LogP contribution is 2.38. The number of carbonyl (C=O) groups excluding carboxylic acids is 3. The van der Waals surface area contributed by atoms with E-state index in [9.17, 15) is 24.4 Å². The molecule has 2 aromatic carbocycles. The van der Waals surface area contributed by atoms with Crippen molar-refractivity contribution in [3.8, 4) is 6.07 Å². The number of thioether (sulfide) groups is 2. The zero-order chi connectivity index (χ0) is 23.1. The Bertz CT molecular complexity index is 1530. The van der Waals surface area contributed by atoms with Gasteiger partial charge in [-0.25, -0.2) is 9.79 Å². The van der Waals surface area contributed by atoms with Gasteiger partial charge in [0.15, 0.2) is 0 Å². The van der Waals surface area contributed by atoms with Crippen molar-refractivity contribution in [1.29, 1.82) is 5.26 Å². The number of hydrogen-bond donors (Lipinski definition) is 0. The Kier molecular flexibility index (Phi) is 5.20. The predicted octanol–water partition coefficient (Wildman–Crippen LogP) is 3.47. The molecule has 0 bridgehead atoms. The molecule has 160 valence electrons. The van der Waals surface area contributed by atoms with Gasteiger partial charge in [-0.1, -0.05) is 48.2 Å². The van der Waals surface area contributed by atoms with Crippen molar-refractivity contribution in [2.24, 2.45) is 4.99 Å². The molecule has 1 saturated heterocycles. The molecule has 0 spiro atoms. The average molecular weight is 473 g/mol. The highest BCUT2D eigenvalue weighted by atomic mass is 32.2. The number of anilines is 1. The van der Waals surface area contributed by atoms with Gasteiger partial charge in [0.2, 0.25) is 11.0 Å². The molecule has 1 fully saturated rings. The molecule has 0 radical (unpaired) electrons.